The molecular weight excluding hydrogens is 264 g/mol. The van der Waals surface area contributed by atoms with E-state index in [9.17, 15) is 5.11 Å². The lowest BCUT2D eigenvalue weighted by atomic mass is 9.97. The molecule has 98 valence electrons. The second-order valence-electron chi connectivity index (χ2n) is 4.65. The normalized spacial score (nSPS) is 10.4. The van der Waals surface area contributed by atoms with Crippen LogP contribution in [-0.4, -0.2) is 5.11 Å². The second-order valence-corrected chi connectivity index (χ2v) is 5.23. The third-order valence-corrected chi connectivity index (χ3v) is 3.57. The summed E-state index contributed by atoms with van der Waals surface area (Å²) in [6.45, 7) is 0. The molecule has 3 rings (SSSR count). The summed E-state index contributed by atoms with van der Waals surface area (Å²) in [4.78, 5) is 0.945. The average molecular weight is 279 g/mol. The molecule has 0 spiro atoms. The molecule has 0 saturated heterocycles. The van der Waals surface area contributed by atoms with Crippen molar-refractivity contribution in [3.05, 3.63) is 72.8 Å². The highest BCUT2D eigenvalue weighted by Gasteiger charge is 2.13. The number of hydrogen-bond donors (Lipinski definition) is 1. The number of phenols is 1. The van der Waals surface area contributed by atoms with Crippen molar-refractivity contribution < 1.29 is 5.11 Å². The van der Waals surface area contributed by atoms with Gasteiger partial charge in [-0.2, -0.15) is 0 Å². The molecule has 0 atom stereocenters. The average Bonchev–Trinajstić information content (AvgIpc) is 2.51. The Hall–Kier alpha value is -2.19. The smallest absolute Gasteiger partial charge is 0.151 e. The third kappa shape index (κ3) is 2.43. The van der Waals surface area contributed by atoms with E-state index >= 15 is 0 Å². The Kier molecular flexibility index (Phi) is 3.48. The van der Waals surface area contributed by atoms with Crippen LogP contribution in [-0.2, 0) is 12.6 Å². The summed E-state index contributed by atoms with van der Waals surface area (Å²) < 4.78 is 0. The summed E-state index contributed by atoms with van der Waals surface area (Å²) in [7, 11) is 0. The molecule has 0 aliphatic rings. The summed E-state index contributed by atoms with van der Waals surface area (Å²) in [5, 5.41) is 10.6. The minimum atomic E-state index is 0.310. The zero-order valence-electron chi connectivity index (χ0n) is 10.9. The quantitative estimate of drug-likeness (QED) is 0.700. The fraction of sp³-hybridized carbons (Fsp3) is 0. The van der Waals surface area contributed by atoms with Gasteiger partial charge in [-0.05, 0) is 23.8 Å². The molecule has 0 aliphatic carbocycles. The van der Waals surface area contributed by atoms with Crippen LogP contribution in [0.3, 0.4) is 0 Å². The van der Waals surface area contributed by atoms with Crippen molar-refractivity contribution in [2.24, 2.45) is 0 Å². The highest BCUT2D eigenvalue weighted by atomic mass is 32.1. The van der Waals surface area contributed by atoms with Crippen LogP contribution in [0.2, 0.25) is 0 Å². The van der Waals surface area contributed by atoms with Crippen molar-refractivity contribution in [2.75, 3.05) is 0 Å². The topological polar surface area (TPSA) is 20.2 Å². The molecular formula is C18H15OS+. The number of rotatable bonds is 2. The summed E-state index contributed by atoms with van der Waals surface area (Å²) >= 11 is 3.59. The van der Waals surface area contributed by atoms with E-state index in [1.54, 1.807) is 0 Å². The predicted octanol–water partition coefficient (Wildman–Crippen LogP) is 4.10. The Bertz CT molecular complexity index is 660. The van der Waals surface area contributed by atoms with Crippen molar-refractivity contribution in [3.8, 4) is 28.0 Å². The number of aromatic hydroxyl groups is 1. The van der Waals surface area contributed by atoms with E-state index in [1.165, 1.54) is 0 Å². The van der Waals surface area contributed by atoms with Gasteiger partial charge in [0.2, 0.25) is 0 Å². The molecule has 0 fully saturated rings. The molecule has 1 nitrogen and oxygen atoms in total. The first-order chi connectivity index (χ1) is 9.75. The molecule has 2 heteroatoms. The Balaban J connectivity index is 2.22. The first-order valence-electron chi connectivity index (χ1n) is 6.45. The summed E-state index contributed by atoms with van der Waals surface area (Å²) in [5.41, 5.74) is 3.67. The summed E-state index contributed by atoms with van der Waals surface area (Å²) in [5.74, 6) is 0.310. The zero-order valence-corrected chi connectivity index (χ0v) is 11.9. The molecule has 0 amide bonds. The first kappa shape index (κ1) is 12.8. The van der Waals surface area contributed by atoms with Crippen molar-refractivity contribution in [3.63, 3.8) is 0 Å². The van der Waals surface area contributed by atoms with E-state index in [2.05, 4.69) is 12.6 Å². The predicted molar refractivity (Wildman–Crippen MR) is 87.4 cm³/mol. The summed E-state index contributed by atoms with van der Waals surface area (Å²) in [6, 6.07) is 23.7. The SMILES string of the molecule is Oc1c(-c2ccccc2)cc([SH2+])cc1-c1ccccc1. The van der Waals surface area contributed by atoms with Gasteiger partial charge in [0.15, 0.2) is 4.90 Å². The highest BCUT2D eigenvalue weighted by molar-refractivity contribution is 7.58. The maximum absolute atomic E-state index is 10.6. The van der Waals surface area contributed by atoms with Crippen molar-refractivity contribution in [1.29, 1.82) is 0 Å². The molecule has 1 N–H and O–H groups in total. The lowest BCUT2D eigenvalue weighted by molar-refractivity contribution is 0.479. The van der Waals surface area contributed by atoms with Crippen molar-refractivity contribution in [1.82, 2.24) is 0 Å². The molecule has 0 aliphatic heterocycles. The van der Waals surface area contributed by atoms with Crippen molar-refractivity contribution >= 4 is 12.6 Å². The Labute approximate surface area is 123 Å². The second kappa shape index (κ2) is 5.43. The minimum absolute atomic E-state index is 0.310. The van der Waals surface area contributed by atoms with E-state index in [-0.39, 0.29) is 0 Å². The van der Waals surface area contributed by atoms with Gasteiger partial charge < -0.3 is 5.11 Å². The van der Waals surface area contributed by atoms with Crippen LogP contribution >= 0.6 is 0 Å². The van der Waals surface area contributed by atoms with E-state index in [0.717, 1.165) is 27.1 Å². The largest absolute Gasteiger partial charge is 0.507 e. The van der Waals surface area contributed by atoms with Gasteiger partial charge in [0.25, 0.3) is 0 Å². The molecule has 0 saturated carbocycles. The molecule has 0 heterocycles. The van der Waals surface area contributed by atoms with Gasteiger partial charge >= 0.3 is 0 Å². The molecule has 20 heavy (non-hydrogen) atoms. The Morgan fingerprint density at radius 2 is 1.05 bits per heavy atom. The first-order valence-corrected chi connectivity index (χ1v) is 6.95. The number of phenolic OH excluding ortho intramolecular Hbond substituents is 1. The van der Waals surface area contributed by atoms with Crippen molar-refractivity contribution in [2.45, 2.75) is 4.90 Å². The minimum Gasteiger partial charge on any atom is -0.507 e. The van der Waals surface area contributed by atoms with Gasteiger partial charge in [-0.15, -0.1) is 0 Å². The van der Waals surface area contributed by atoms with Gasteiger partial charge in [-0.25, -0.2) is 0 Å². The molecule has 3 aromatic rings. The van der Waals surface area contributed by atoms with Gasteiger partial charge in [0.1, 0.15) is 5.75 Å². The Morgan fingerprint density at radius 3 is 1.45 bits per heavy atom. The van der Waals surface area contributed by atoms with E-state index in [4.69, 9.17) is 0 Å². The van der Waals surface area contributed by atoms with Crippen LogP contribution in [0.25, 0.3) is 22.3 Å². The molecule has 0 unspecified atom stereocenters. The molecule has 0 radical (unpaired) electrons. The van der Waals surface area contributed by atoms with Gasteiger partial charge in [-0.1, -0.05) is 60.7 Å². The van der Waals surface area contributed by atoms with Crippen LogP contribution < -0.4 is 0 Å². The number of benzene rings is 3. The lowest BCUT2D eigenvalue weighted by Gasteiger charge is -2.10. The van der Waals surface area contributed by atoms with Gasteiger partial charge in [-0.3, -0.25) is 0 Å². The molecule has 0 bridgehead atoms. The zero-order chi connectivity index (χ0) is 13.9. The Morgan fingerprint density at radius 1 is 0.650 bits per heavy atom. The molecule has 3 aromatic carbocycles. The van der Waals surface area contributed by atoms with Crippen LogP contribution in [0.4, 0.5) is 0 Å². The van der Waals surface area contributed by atoms with Crippen LogP contribution in [0.15, 0.2) is 77.7 Å². The van der Waals surface area contributed by atoms with Crippen LogP contribution in [0.1, 0.15) is 0 Å². The van der Waals surface area contributed by atoms with Gasteiger partial charge in [0.05, 0.1) is 0 Å². The molecule has 0 aromatic heterocycles. The van der Waals surface area contributed by atoms with E-state index in [0.29, 0.717) is 5.75 Å². The lowest BCUT2D eigenvalue weighted by Crippen LogP contribution is -1.86. The third-order valence-electron chi connectivity index (χ3n) is 3.28. The van der Waals surface area contributed by atoms with E-state index < -0.39 is 0 Å². The standard InChI is InChI=1S/C18H14OS/c19-18-16(13-7-3-1-4-8-13)11-15(20)12-17(18)14-9-5-2-6-10-14/h1-12,19-20H/p+1. The summed E-state index contributed by atoms with van der Waals surface area (Å²) in [6.07, 6.45) is 0. The number of hydrogen-bond acceptors (Lipinski definition) is 1. The van der Waals surface area contributed by atoms with Crippen LogP contribution in [0.5, 0.6) is 5.75 Å². The van der Waals surface area contributed by atoms with Gasteiger partial charge in [0, 0.05) is 23.3 Å². The highest BCUT2D eigenvalue weighted by Crippen LogP contribution is 2.39. The maximum Gasteiger partial charge on any atom is 0.151 e. The fourth-order valence-corrected chi connectivity index (χ4v) is 2.60. The van der Waals surface area contributed by atoms with E-state index in [1.807, 2.05) is 72.8 Å². The maximum atomic E-state index is 10.6. The van der Waals surface area contributed by atoms with Crippen LogP contribution in [0, 0.1) is 0 Å². The fourth-order valence-electron chi connectivity index (χ4n) is 2.31. The monoisotopic (exact) mass is 279 g/mol.